The fourth-order valence-electron chi connectivity index (χ4n) is 2.35. The molecule has 0 saturated heterocycles. The average molecular weight is 383 g/mol. The summed E-state index contributed by atoms with van der Waals surface area (Å²) in [5, 5.41) is 11.2. The summed E-state index contributed by atoms with van der Waals surface area (Å²) in [5.74, 6) is -0.848. The molecule has 0 radical (unpaired) electrons. The molecule has 0 bridgehead atoms. The van der Waals surface area contributed by atoms with E-state index in [0.29, 0.717) is 0 Å². The van der Waals surface area contributed by atoms with E-state index in [9.17, 15) is 4.79 Å². The minimum atomic E-state index is -0.848. The van der Waals surface area contributed by atoms with E-state index in [0.717, 1.165) is 30.8 Å². The molecule has 0 aliphatic rings. The van der Waals surface area contributed by atoms with Crippen LogP contribution >= 0.6 is 31.9 Å². The van der Waals surface area contributed by atoms with E-state index < -0.39 is 5.97 Å². The zero-order valence-electron chi connectivity index (χ0n) is 9.73. The van der Waals surface area contributed by atoms with Crippen LogP contribution in [0, 0.1) is 0 Å². The Balaban J connectivity index is 2.46. The predicted molar refractivity (Wildman–Crippen MR) is 82.5 cm³/mol. The van der Waals surface area contributed by atoms with Gasteiger partial charge in [0.15, 0.2) is 0 Å². The molecule has 0 atom stereocenters. The summed E-state index contributed by atoms with van der Waals surface area (Å²) in [6.45, 7) is -0.0487. The van der Waals surface area contributed by atoms with E-state index in [1.165, 1.54) is 0 Å². The highest BCUT2D eigenvalue weighted by Crippen LogP contribution is 2.32. The summed E-state index contributed by atoms with van der Waals surface area (Å²) in [6, 6.07) is 11.9. The molecule has 2 aromatic carbocycles. The maximum Gasteiger partial charge on any atom is 0.323 e. The van der Waals surface area contributed by atoms with Gasteiger partial charge in [0.2, 0.25) is 0 Å². The Morgan fingerprint density at radius 3 is 1.89 bits per heavy atom. The highest BCUT2D eigenvalue weighted by molar-refractivity contribution is 9.10. The second-order valence-corrected chi connectivity index (χ2v) is 6.13. The van der Waals surface area contributed by atoms with Crippen LogP contribution in [0.25, 0.3) is 21.8 Å². The van der Waals surface area contributed by atoms with Gasteiger partial charge in [-0.2, -0.15) is 0 Å². The molecular formula is C14H9Br2NO2. The molecule has 1 N–H and O–H groups in total. The first-order valence-corrected chi connectivity index (χ1v) is 7.23. The number of carbonyl (C=O) groups is 1. The predicted octanol–water partition coefficient (Wildman–Crippen LogP) is 4.40. The Morgan fingerprint density at radius 1 is 1.00 bits per heavy atom. The summed E-state index contributed by atoms with van der Waals surface area (Å²) in [5.41, 5.74) is 1.84. The zero-order chi connectivity index (χ0) is 13.6. The normalized spacial score (nSPS) is 11.3. The van der Waals surface area contributed by atoms with Gasteiger partial charge < -0.3 is 9.67 Å². The smallest absolute Gasteiger partial charge is 0.323 e. The Hall–Kier alpha value is -1.33. The second-order valence-electron chi connectivity index (χ2n) is 4.30. The lowest BCUT2D eigenvalue weighted by Crippen LogP contribution is -2.08. The monoisotopic (exact) mass is 381 g/mol. The largest absolute Gasteiger partial charge is 0.480 e. The molecule has 3 aromatic rings. The fourth-order valence-corrected chi connectivity index (χ4v) is 3.05. The van der Waals surface area contributed by atoms with E-state index in [-0.39, 0.29) is 6.54 Å². The van der Waals surface area contributed by atoms with Gasteiger partial charge in [0, 0.05) is 19.7 Å². The van der Waals surface area contributed by atoms with Gasteiger partial charge in [-0.1, -0.05) is 44.0 Å². The number of rotatable bonds is 2. The maximum atomic E-state index is 11.1. The summed E-state index contributed by atoms with van der Waals surface area (Å²) in [4.78, 5) is 11.1. The minimum absolute atomic E-state index is 0.0487. The third-order valence-corrected chi connectivity index (χ3v) is 4.07. The molecule has 3 rings (SSSR count). The van der Waals surface area contributed by atoms with Gasteiger partial charge in [0.25, 0.3) is 0 Å². The third kappa shape index (κ3) is 2.17. The van der Waals surface area contributed by atoms with Gasteiger partial charge in [-0.15, -0.1) is 0 Å². The third-order valence-electron chi connectivity index (χ3n) is 3.08. The van der Waals surface area contributed by atoms with Crippen LogP contribution in [0.5, 0.6) is 0 Å². The molecule has 0 aliphatic heterocycles. The number of hydrogen-bond acceptors (Lipinski definition) is 1. The van der Waals surface area contributed by atoms with Gasteiger partial charge in [-0.05, 0) is 24.3 Å². The molecule has 96 valence electrons. The second kappa shape index (κ2) is 4.65. The van der Waals surface area contributed by atoms with Gasteiger partial charge in [0.1, 0.15) is 6.54 Å². The van der Waals surface area contributed by atoms with Gasteiger partial charge >= 0.3 is 5.97 Å². The van der Waals surface area contributed by atoms with Crippen LogP contribution < -0.4 is 0 Å². The van der Waals surface area contributed by atoms with Crippen molar-refractivity contribution in [2.45, 2.75) is 6.54 Å². The molecule has 1 heterocycles. The molecule has 5 heteroatoms. The lowest BCUT2D eigenvalue weighted by atomic mass is 10.2. The minimum Gasteiger partial charge on any atom is -0.480 e. The summed E-state index contributed by atoms with van der Waals surface area (Å²) in [7, 11) is 0. The van der Waals surface area contributed by atoms with Crippen LogP contribution in [0.4, 0.5) is 0 Å². The van der Waals surface area contributed by atoms with Crippen molar-refractivity contribution in [3.8, 4) is 0 Å². The van der Waals surface area contributed by atoms with Crippen LogP contribution in [0.1, 0.15) is 0 Å². The van der Waals surface area contributed by atoms with Gasteiger partial charge in [-0.25, -0.2) is 0 Å². The molecule has 0 unspecified atom stereocenters. The van der Waals surface area contributed by atoms with E-state index >= 15 is 0 Å². The van der Waals surface area contributed by atoms with Gasteiger partial charge in [-0.3, -0.25) is 4.79 Å². The van der Waals surface area contributed by atoms with Crippen molar-refractivity contribution in [2.24, 2.45) is 0 Å². The Morgan fingerprint density at radius 2 is 1.47 bits per heavy atom. The number of nitrogens with zero attached hydrogens (tertiary/aromatic N) is 1. The Bertz CT molecular complexity index is 749. The standard InChI is InChI=1S/C14H9Br2NO2/c15-8-1-3-10-11-4-2-9(16)6-13(11)17(7-14(18)19)12(10)5-8/h1-6H,7H2,(H,18,19). The first-order chi connectivity index (χ1) is 9.06. The average Bonchev–Trinajstić information content (AvgIpc) is 2.62. The number of aromatic nitrogens is 1. The Labute approximate surface area is 126 Å². The van der Waals surface area contributed by atoms with Crippen LogP contribution in [-0.4, -0.2) is 15.6 Å². The number of benzene rings is 2. The summed E-state index contributed by atoms with van der Waals surface area (Å²) < 4.78 is 3.70. The van der Waals surface area contributed by atoms with Crippen LogP contribution in [0.3, 0.4) is 0 Å². The highest BCUT2D eigenvalue weighted by atomic mass is 79.9. The number of fused-ring (bicyclic) bond motifs is 3. The topological polar surface area (TPSA) is 42.2 Å². The SMILES string of the molecule is O=C(O)Cn1c2cc(Br)ccc2c2ccc(Br)cc21. The number of hydrogen-bond donors (Lipinski definition) is 1. The van der Waals surface area contributed by atoms with Crippen LogP contribution in [-0.2, 0) is 11.3 Å². The van der Waals surface area contributed by atoms with E-state index in [4.69, 9.17) is 5.11 Å². The highest BCUT2D eigenvalue weighted by Gasteiger charge is 2.13. The molecule has 0 fully saturated rings. The molecule has 0 spiro atoms. The van der Waals surface area contributed by atoms with Crippen molar-refractivity contribution in [3.05, 3.63) is 45.3 Å². The van der Waals surface area contributed by atoms with Crippen molar-refractivity contribution < 1.29 is 9.90 Å². The first kappa shape index (κ1) is 12.7. The van der Waals surface area contributed by atoms with E-state index in [1.54, 1.807) is 0 Å². The van der Waals surface area contributed by atoms with Crippen molar-refractivity contribution in [1.29, 1.82) is 0 Å². The summed E-state index contributed by atoms with van der Waals surface area (Å²) in [6.07, 6.45) is 0. The van der Waals surface area contributed by atoms with E-state index in [1.807, 2.05) is 41.0 Å². The molecule has 0 amide bonds. The lowest BCUT2D eigenvalue weighted by molar-refractivity contribution is -0.137. The number of halogens is 2. The van der Waals surface area contributed by atoms with Crippen molar-refractivity contribution in [3.63, 3.8) is 0 Å². The number of carboxylic acids is 1. The number of aliphatic carboxylic acids is 1. The van der Waals surface area contributed by atoms with Gasteiger partial charge in [0.05, 0.1) is 11.0 Å². The first-order valence-electron chi connectivity index (χ1n) is 5.65. The quantitative estimate of drug-likeness (QED) is 0.713. The van der Waals surface area contributed by atoms with Crippen LogP contribution in [0.15, 0.2) is 45.3 Å². The van der Waals surface area contributed by atoms with Crippen LogP contribution in [0.2, 0.25) is 0 Å². The summed E-state index contributed by atoms with van der Waals surface area (Å²) >= 11 is 6.87. The van der Waals surface area contributed by atoms with Crippen molar-refractivity contribution in [1.82, 2.24) is 4.57 Å². The molecular weight excluding hydrogens is 374 g/mol. The molecule has 3 nitrogen and oxygen atoms in total. The van der Waals surface area contributed by atoms with Crippen molar-refractivity contribution in [2.75, 3.05) is 0 Å². The lowest BCUT2D eigenvalue weighted by Gasteiger charge is -2.04. The molecule has 0 aliphatic carbocycles. The Kier molecular flexibility index (Phi) is 3.11. The number of carboxylic acid groups (broad SMARTS) is 1. The maximum absolute atomic E-state index is 11.1. The van der Waals surface area contributed by atoms with Crippen molar-refractivity contribution >= 4 is 59.6 Å². The molecule has 1 aromatic heterocycles. The fraction of sp³-hybridized carbons (Fsp3) is 0.0714. The molecule has 0 saturated carbocycles. The van der Waals surface area contributed by atoms with E-state index in [2.05, 4.69) is 31.9 Å². The zero-order valence-corrected chi connectivity index (χ0v) is 12.9. The molecule has 19 heavy (non-hydrogen) atoms.